The van der Waals surface area contributed by atoms with Crippen LogP contribution in [0.25, 0.3) is 16.0 Å². The third-order valence-corrected chi connectivity index (χ3v) is 5.20. The molecule has 5 nitrogen and oxygen atoms in total. The van der Waals surface area contributed by atoms with Crippen LogP contribution in [0.5, 0.6) is 0 Å². The fraction of sp³-hybridized carbons (Fsp3) is 0.348. The highest BCUT2D eigenvalue weighted by Gasteiger charge is 2.27. The molecule has 1 aromatic rings. The van der Waals surface area contributed by atoms with E-state index in [-0.39, 0.29) is 5.92 Å². The minimum absolute atomic E-state index is 0.107. The standard InChI is InChI=1S/C23H27N5/c1-6-8-9-16(13-24)18(7-2)17-10-19(14(3)4)21-12-22(25)23(27-28-26)15(5)20(21)11-17/h6-8,10-11,14-15H,2,9,12,25H2,1,3-5H3/b8-6-,18-16-. The lowest BCUT2D eigenvalue weighted by Crippen LogP contribution is -2.19. The maximum absolute atomic E-state index is 9.66. The highest BCUT2D eigenvalue weighted by atomic mass is 15.1. The Morgan fingerprint density at radius 1 is 1.50 bits per heavy atom. The summed E-state index contributed by atoms with van der Waals surface area (Å²) in [6.07, 6.45) is 6.79. The Morgan fingerprint density at radius 2 is 2.21 bits per heavy atom. The van der Waals surface area contributed by atoms with Gasteiger partial charge < -0.3 is 5.73 Å². The number of azide groups is 1. The molecule has 1 aliphatic carbocycles. The maximum atomic E-state index is 9.66. The smallest absolute Gasteiger partial charge is 0.0956 e. The van der Waals surface area contributed by atoms with Crippen molar-refractivity contribution in [3.63, 3.8) is 0 Å². The largest absolute Gasteiger partial charge is 0.402 e. The third kappa shape index (κ3) is 4.03. The van der Waals surface area contributed by atoms with Gasteiger partial charge in [0.15, 0.2) is 0 Å². The van der Waals surface area contributed by atoms with Crippen molar-refractivity contribution in [3.05, 3.63) is 86.6 Å². The Labute approximate surface area is 167 Å². The number of allylic oxidation sites excluding steroid dienone is 7. The van der Waals surface area contributed by atoms with E-state index in [2.05, 4.69) is 48.7 Å². The fourth-order valence-corrected chi connectivity index (χ4v) is 3.75. The number of benzene rings is 1. The second-order valence-electron chi connectivity index (χ2n) is 7.27. The Kier molecular flexibility index (Phi) is 6.87. The minimum Gasteiger partial charge on any atom is -0.402 e. The van der Waals surface area contributed by atoms with Gasteiger partial charge in [0, 0.05) is 40.6 Å². The molecule has 1 atom stereocenters. The van der Waals surface area contributed by atoms with Crippen LogP contribution in [-0.2, 0) is 6.42 Å². The van der Waals surface area contributed by atoms with Gasteiger partial charge in [-0.15, -0.1) is 0 Å². The Morgan fingerprint density at radius 3 is 2.75 bits per heavy atom. The SMILES string of the molecule is C=C/C(=C(/C#N)C/C=C\C)c1cc(C(C)C)c2c(c1)C(C)C(N=[N+]=[N-])=C(N)C2. The lowest BCUT2D eigenvalue weighted by Gasteiger charge is -2.29. The molecule has 1 unspecified atom stereocenters. The molecule has 0 aliphatic heterocycles. The molecule has 0 bridgehead atoms. The van der Waals surface area contributed by atoms with Crippen molar-refractivity contribution in [1.29, 1.82) is 5.26 Å². The van der Waals surface area contributed by atoms with Gasteiger partial charge in [-0.25, -0.2) is 0 Å². The summed E-state index contributed by atoms with van der Waals surface area (Å²) < 4.78 is 0. The second-order valence-corrected chi connectivity index (χ2v) is 7.27. The average molecular weight is 374 g/mol. The van der Waals surface area contributed by atoms with Crippen LogP contribution in [0, 0.1) is 11.3 Å². The van der Waals surface area contributed by atoms with E-state index >= 15 is 0 Å². The quantitative estimate of drug-likeness (QED) is 0.156. The average Bonchev–Trinajstić information content (AvgIpc) is 2.67. The molecular weight excluding hydrogens is 346 g/mol. The van der Waals surface area contributed by atoms with E-state index in [1.807, 2.05) is 26.0 Å². The summed E-state index contributed by atoms with van der Waals surface area (Å²) in [7, 11) is 0. The first-order valence-corrected chi connectivity index (χ1v) is 9.47. The lowest BCUT2D eigenvalue weighted by atomic mass is 9.78. The summed E-state index contributed by atoms with van der Waals surface area (Å²) in [5.41, 5.74) is 22.3. The summed E-state index contributed by atoms with van der Waals surface area (Å²) >= 11 is 0. The molecule has 0 amide bonds. The van der Waals surface area contributed by atoms with Crippen LogP contribution in [0.3, 0.4) is 0 Å². The molecule has 1 aliphatic rings. The number of fused-ring (bicyclic) bond motifs is 1. The maximum Gasteiger partial charge on any atom is 0.0956 e. The summed E-state index contributed by atoms with van der Waals surface area (Å²) in [5, 5.41) is 13.5. The molecule has 0 saturated carbocycles. The zero-order valence-electron chi connectivity index (χ0n) is 17.0. The zero-order valence-corrected chi connectivity index (χ0v) is 17.0. The van der Waals surface area contributed by atoms with Crippen molar-refractivity contribution in [2.75, 3.05) is 0 Å². The van der Waals surface area contributed by atoms with Crippen LogP contribution in [0.4, 0.5) is 0 Å². The van der Waals surface area contributed by atoms with Gasteiger partial charge in [0.25, 0.3) is 0 Å². The summed E-state index contributed by atoms with van der Waals surface area (Å²) in [4.78, 5) is 2.95. The van der Waals surface area contributed by atoms with Crippen molar-refractivity contribution >= 4 is 5.57 Å². The van der Waals surface area contributed by atoms with Crippen LogP contribution < -0.4 is 5.73 Å². The normalized spacial score (nSPS) is 17.1. The van der Waals surface area contributed by atoms with Gasteiger partial charge in [0.05, 0.1) is 6.07 Å². The van der Waals surface area contributed by atoms with Crippen molar-refractivity contribution in [2.24, 2.45) is 10.8 Å². The van der Waals surface area contributed by atoms with E-state index in [9.17, 15) is 5.26 Å². The first-order chi connectivity index (χ1) is 13.4. The molecule has 1 aromatic carbocycles. The van der Waals surface area contributed by atoms with Crippen LogP contribution in [-0.4, -0.2) is 0 Å². The van der Waals surface area contributed by atoms with Crippen molar-refractivity contribution in [3.8, 4) is 6.07 Å². The van der Waals surface area contributed by atoms with Crippen molar-refractivity contribution in [2.45, 2.75) is 52.4 Å². The zero-order chi connectivity index (χ0) is 20.8. The summed E-state index contributed by atoms with van der Waals surface area (Å²) in [6, 6.07) is 6.56. The lowest BCUT2D eigenvalue weighted by molar-refractivity contribution is 0.760. The van der Waals surface area contributed by atoms with Gasteiger partial charge >= 0.3 is 0 Å². The predicted octanol–water partition coefficient (Wildman–Crippen LogP) is 6.38. The number of hydrogen-bond donors (Lipinski definition) is 1. The number of nitrogens with zero attached hydrogens (tertiary/aromatic N) is 4. The third-order valence-electron chi connectivity index (χ3n) is 5.20. The molecule has 0 spiro atoms. The number of nitrogens with two attached hydrogens (primary N) is 1. The van der Waals surface area contributed by atoms with E-state index in [4.69, 9.17) is 11.3 Å². The van der Waals surface area contributed by atoms with Crippen LogP contribution in [0.1, 0.15) is 68.2 Å². The van der Waals surface area contributed by atoms with Gasteiger partial charge in [-0.1, -0.05) is 62.8 Å². The van der Waals surface area contributed by atoms with E-state index in [1.54, 1.807) is 6.08 Å². The molecule has 0 saturated heterocycles. The molecular formula is C23H27N5. The Bertz CT molecular complexity index is 963. The van der Waals surface area contributed by atoms with Gasteiger partial charge in [0.1, 0.15) is 0 Å². The van der Waals surface area contributed by atoms with E-state index < -0.39 is 0 Å². The molecule has 0 aromatic heterocycles. The van der Waals surface area contributed by atoms with E-state index in [0.717, 1.165) is 16.7 Å². The molecule has 144 valence electrons. The number of hydrogen-bond acceptors (Lipinski definition) is 3. The molecule has 0 heterocycles. The summed E-state index contributed by atoms with van der Waals surface area (Å²) in [5.74, 6) is 0.186. The number of rotatable bonds is 6. The fourth-order valence-electron chi connectivity index (χ4n) is 3.75. The first kappa shape index (κ1) is 21.1. The van der Waals surface area contributed by atoms with Crippen LogP contribution >= 0.6 is 0 Å². The van der Waals surface area contributed by atoms with Crippen molar-refractivity contribution < 1.29 is 0 Å². The van der Waals surface area contributed by atoms with Gasteiger partial charge in [0.2, 0.25) is 0 Å². The topological polar surface area (TPSA) is 98.6 Å². The second kappa shape index (κ2) is 9.12. The monoisotopic (exact) mass is 373 g/mol. The van der Waals surface area contributed by atoms with Gasteiger partial charge in [-0.05, 0) is 46.2 Å². The first-order valence-electron chi connectivity index (χ1n) is 9.47. The summed E-state index contributed by atoms with van der Waals surface area (Å²) in [6.45, 7) is 12.2. The highest BCUT2D eigenvalue weighted by Crippen LogP contribution is 2.41. The van der Waals surface area contributed by atoms with E-state index in [1.165, 1.54) is 11.1 Å². The van der Waals surface area contributed by atoms with E-state index in [0.29, 0.717) is 35.7 Å². The van der Waals surface area contributed by atoms with Gasteiger partial charge in [-0.2, -0.15) is 5.26 Å². The Balaban J connectivity index is 2.77. The van der Waals surface area contributed by atoms with Gasteiger partial charge in [-0.3, -0.25) is 0 Å². The molecule has 2 N–H and O–H groups in total. The molecule has 5 heteroatoms. The predicted molar refractivity (Wildman–Crippen MR) is 115 cm³/mol. The molecule has 28 heavy (non-hydrogen) atoms. The Hall–Kier alpha value is -3.22. The van der Waals surface area contributed by atoms with Crippen LogP contribution in [0.2, 0.25) is 0 Å². The number of nitriles is 1. The molecule has 0 fully saturated rings. The highest BCUT2D eigenvalue weighted by molar-refractivity contribution is 5.80. The molecule has 2 rings (SSSR count). The molecule has 0 radical (unpaired) electrons. The van der Waals surface area contributed by atoms with Crippen molar-refractivity contribution in [1.82, 2.24) is 0 Å². The minimum atomic E-state index is -0.107. The van der Waals surface area contributed by atoms with Crippen LogP contribution in [0.15, 0.2) is 59.0 Å².